The minimum atomic E-state index is -0.402. The molecule has 0 saturated carbocycles. The average molecular weight is 284 g/mol. The van der Waals surface area contributed by atoms with Crippen molar-refractivity contribution < 1.29 is 9.21 Å². The van der Waals surface area contributed by atoms with Gasteiger partial charge in [0.2, 0.25) is 0 Å². The molecule has 4 nitrogen and oxygen atoms in total. The van der Waals surface area contributed by atoms with Crippen LogP contribution in [0.4, 0.5) is 0 Å². The van der Waals surface area contributed by atoms with Gasteiger partial charge in [-0.3, -0.25) is 9.36 Å². The summed E-state index contributed by atoms with van der Waals surface area (Å²) in [5, 5.41) is 0. The summed E-state index contributed by atoms with van der Waals surface area (Å²) < 4.78 is 6.42. The summed E-state index contributed by atoms with van der Waals surface area (Å²) in [6.07, 6.45) is 0. The van der Waals surface area contributed by atoms with E-state index in [0.717, 1.165) is 5.56 Å². The van der Waals surface area contributed by atoms with Crippen molar-refractivity contribution in [1.29, 1.82) is 0 Å². The molecular weight excluding hydrogens is 274 g/mol. The first-order chi connectivity index (χ1) is 7.50. The van der Waals surface area contributed by atoms with Crippen LogP contribution in [-0.2, 0) is 11.8 Å². The minimum absolute atomic E-state index is 0.0212. The molecule has 0 N–H and O–H groups in total. The predicted molar refractivity (Wildman–Crippen MR) is 63.8 cm³/mol. The Morgan fingerprint density at radius 3 is 2.81 bits per heavy atom. The third kappa shape index (κ3) is 1.71. The molecule has 0 fully saturated rings. The van der Waals surface area contributed by atoms with Crippen LogP contribution in [-0.4, -0.2) is 10.4 Å². The lowest BCUT2D eigenvalue weighted by Gasteiger charge is -2.05. The number of hydrogen-bond acceptors (Lipinski definition) is 3. The van der Waals surface area contributed by atoms with Crippen molar-refractivity contribution in [3.63, 3.8) is 0 Å². The topological polar surface area (TPSA) is 52.2 Å². The summed E-state index contributed by atoms with van der Waals surface area (Å²) >= 11 is 3.30. The molecule has 1 unspecified atom stereocenters. The van der Waals surface area contributed by atoms with Gasteiger partial charge in [-0.1, -0.05) is 22.0 Å². The molecule has 1 atom stereocenters. The molecule has 0 spiro atoms. The number of benzene rings is 1. The van der Waals surface area contributed by atoms with Gasteiger partial charge in [-0.15, -0.1) is 0 Å². The summed E-state index contributed by atoms with van der Waals surface area (Å²) in [6, 6.07) is 5.25. The molecule has 84 valence electrons. The maximum absolute atomic E-state index is 11.3. The van der Waals surface area contributed by atoms with Gasteiger partial charge in [-0.25, -0.2) is 4.79 Å². The molecule has 2 rings (SSSR count). The molecule has 5 heteroatoms. The number of nitrogens with zero attached hydrogens (tertiary/aromatic N) is 1. The van der Waals surface area contributed by atoms with E-state index in [1.807, 2.05) is 0 Å². The first-order valence-corrected chi connectivity index (χ1v) is 5.66. The van der Waals surface area contributed by atoms with Crippen LogP contribution in [0.1, 0.15) is 17.3 Å². The van der Waals surface area contributed by atoms with E-state index in [-0.39, 0.29) is 10.6 Å². The summed E-state index contributed by atoms with van der Waals surface area (Å²) in [4.78, 5) is 22.2. The lowest BCUT2D eigenvalue weighted by atomic mass is 10.1. The number of oxazole rings is 1. The van der Waals surface area contributed by atoms with Crippen molar-refractivity contribution in [3.05, 3.63) is 34.3 Å². The maximum Gasteiger partial charge on any atom is 0.419 e. The van der Waals surface area contributed by atoms with Gasteiger partial charge in [0.15, 0.2) is 5.58 Å². The highest BCUT2D eigenvalue weighted by Gasteiger charge is 2.14. The van der Waals surface area contributed by atoms with Crippen LogP contribution in [0.2, 0.25) is 0 Å². The fourth-order valence-corrected chi connectivity index (χ4v) is 1.82. The van der Waals surface area contributed by atoms with E-state index in [9.17, 15) is 9.59 Å². The van der Waals surface area contributed by atoms with Crippen molar-refractivity contribution in [1.82, 2.24) is 4.57 Å². The molecule has 0 aliphatic heterocycles. The number of alkyl halides is 1. The molecule has 0 saturated heterocycles. The van der Waals surface area contributed by atoms with Gasteiger partial charge >= 0.3 is 5.76 Å². The Labute approximate surface area is 100.0 Å². The number of rotatable bonds is 2. The Hall–Kier alpha value is -1.36. The monoisotopic (exact) mass is 283 g/mol. The number of aryl methyl sites for hydroxylation is 1. The zero-order chi connectivity index (χ0) is 11.9. The normalized spacial score (nSPS) is 12.9. The van der Waals surface area contributed by atoms with Crippen LogP contribution >= 0.6 is 15.9 Å². The fourth-order valence-electron chi connectivity index (χ4n) is 1.54. The molecule has 0 radical (unpaired) electrons. The van der Waals surface area contributed by atoms with Crippen molar-refractivity contribution >= 4 is 32.8 Å². The maximum atomic E-state index is 11.3. The van der Waals surface area contributed by atoms with Gasteiger partial charge in [-0.2, -0.15) is 0 Å². The van der Waals surface area contributed by atoms with Gasteiger partial charge in [0.25, 0.3) is 0 Å². The lowest BCUT2D eigenvalue weighted by molar-refractivity contribution is -0.116. The second-order valence-electron chi connectivity index (χ2n) is 3.63. The quantitative estimate of drug-likeness (QED) is 0.794. The Morgan fingerprint density at radius 2 is 2.19 bits per heavy atom. The summed E-state index contributed by atoms with van der Waals surface area (Å²) in [7, 11) is 1.63. The van der Waals surface area contributed by atoms with Crippen LogP contribution in [0.25, 0.3) is 11.1 Å². The third-order valence-electron chi connectivity index (χ3n) is 2.47. The highest BCUT2D eigenvalue weighted by molar-refractivity contribution is 9.09. The van der Waals surface area contributed by atoms with Crippen LogP contribution < -0.4 is 5.76 Å². The van der Waals surface area contributed by atoms with E-state index in [1.54, 1.807) is 25.2 Å². The van der Waals surface area contributed by atoms with Gasteiger partial charge in [0.05, 0.1) is 10.3 Å². The van der Waals surface area contributed by atoms with Crippen LogP contribution in [0, 0.1) is 0 Å². The molecule has 0 bridgehead atoms. The van der Waals surface area contributed by atoms with E-state index in [1.165, 1.54) is 11.5 Å². The zero-order valence-corrected chi connectivity index (χ0v) is 10.4. The fraction of sp³-hybridized carbons (Fsp3) is 0.273. The number of halogens is 1. The van der Waals surface area contributed by atoms with Crippen molar-refractivity contribution in [2.75, 3.05) is 0 Å². The Balaban J connectivity index is 2.63. The van der Waals surface area contributed by atoms with Crippen LogP contribution in [0.3, 0.4) is 0 Å². The van der Waals surface area contributed by atoms with E-state index >= 15 is 0 Å². The molecule has 2 aromatic rings. The number of carbonyl (C=O) groups excluding carboxylic acids is 1. The van der Waals surface area contributed by atoms with E-state index in [4.69, 9.17) is 4.42 Å². The summed E-state index contributed by atoms with van der Waals surface area (Å²) in [6.45, 7) is 1.51. The summed E-state index contributed by atoms with van der Waals surface area (Å²) in [5.41, 5.74) is 2.03. The number of Topliss-reactive ketones (excluding diaryl/α,β-unsaturated/α-hetero) is 1. The summed E-state index contributed by atoms with van der Waals surface area (Å²) in [5.74, 6) is -0.381. The molecule has 16 heavy (non-hydrogen) atoms. The average Bonchev–Trinajstić information content (AvgIpc) is 2.53. The number of fused-ring (bicyclic) bond motifs is 1. The van der Waals surface area contributed by atoms with Crippen LogP contribution in [0.15, 0.2) is 27.4 Å². The SMILES string of the molecule is CC(=O)C(Br)c1ccc2oc(=O)n(C)c2c1. The van der Waals surface area contributed by atoms with E-state index in [2.05, 4.69) is 15.9 Å². The molecule has 1 heterocycles. The standard InChI is InChI=1S/C11H10BrNO3/c1-6(14)10(12)7-3-4-9-8(5-7)13(2)11(15)16-9/h3-5,10H,1-2H3. The molecule has 1 aromatic heterocycles. The number of ketones is 1. The molecule has 0 amide bonds. The second kappa shape index (κ2) is 3.90. The first-order valence-electron chi connectivity index (χ1n) is 4.74. The Morgan fingerprint density at radius 1 is 1.50 bits per heavy atom. The van der Waals surface area contributed by atoms with E-state index < -0.39 is 5.76 Å². The lowest BCUT2D eigenvalue weighted by Crippen LogP contribution is -2.08. The Kier molecular flexibility index (Phi) is 2.71. The van der Waals surface area contributed by atoms with Crippen molar-refractivity contribution in [2.45, 2.75) is 11.8 Å². The van der Waals surface area contributed by atoms with E-state index in [0.29, 0.717) is 11.1 Å². The molecule has 0 aliphatic carbocycles. The van der Waals surface area contributed by atoms with Gasteiger partial charge in [-0.05, 0) is 24.6 Å². The van der Waals surface area contributed by atoms with Gasteiger partial charge in [0, 0.05) is 7.05 Å². The van der Waals surface area contributed by atoms with Crippen LogP contribution in [0.5, 0.6) is 0 Å². The Bertz CT molecular complexity index is 611. The van der Waals surface area contributed by atoms with Crippen molar-refractivity contribution in [3.8, 4) is 0 Å². The largest absolute Gasteiger partial charge is 0.419 e. The highest BCUT2D eigenvalue weighted by atomic mass is 79.9. The molecular formula is C11H10BrNO3. The molecule has 1 aromatic carbocycles. The first kappa shape index (κ1) is 11.1. The number of carbonyl (C=O) groups is 1. The minimum Gasteiger partial charge on any atom is -0.408 e. The smallest absolute Gasteiger partial charge is 0.408 e. The third-order valence-corrected chi connectivity index (χ3v) is 3.64. The zero-order valence-electron chi connectivity index (χ0n) is 8.86. The number of aromatic nitrogens is 1. The van der Waals surface area contributed by atoms with Gasteiger partial charge in [0.1, 0.15) is 5.78 Å². The number of hydrogen-bond donors (Lipinski definition) is 0. The predicted octanol–water partition coefficient (Wildman–Crippen LogP) is 2.16. The molecule has 0 aliphatic rings. The second-order valence-corrected chi connectivity index (χ2v) is 4.54. The van der Waals surface area contributed by atoms with Gasteiger partial charge < -0.3 is 4.42 Å². The van der Waals surface area contributed by atoms with Crippen molar-refractivity contribution in [2.24, 2.45) is 7.05 Å². The highest BCUT2D eigenvalue weighted by Crippen LogP contribution is 2.26.